The molecule has 114 valence electrons. The standard InChI is InChI=1S/C15H15FN4OS/c16-13-4-1-8(6-17-13)15-18-7-12(22-15)14(21)20-11-5-9-2-3-10(11)19-9/h1,4,6-7,9-11,19H,2-3,5H2,(H,20,21)/t9-,10+,11-/m1/s1. The number of pyridine rings is 1. The summed E-state index contributed by atoms with van der Waals surface area (Å²) in [5.41, 5.74) is 0.715. The molecule has 0 unspecified atom stereocenters. The van der Waals surface area contributed by atoms with Gasteiger partial charge in [0.1, 0.15) is 9.88 Å². The summed E-state index contributed by atoms with van der Waals surface area (Å²) in [7, 11) is 0. The maximum atomic E-state index is 12.8. The second kappa shape index (κ2) is 5.40. The number of fused-ring (bicyclic) bond motifs is 2. The van der Waals surface area contributed by atoms with E-state index < -0.39 is 5.95 Å². The molecule has 0 aliphatic carbocycles. The summed E-state index contributed by atoms with van der Waals surface area (Å²) in [6, 6.07) is 4.07. The highest BCUT2D eigenvalue weighted by atomic mass is 32.1. The monoisotopic (exact) mass is 318 g/mol. The fourth-order valence-electron chi connectivity index (χ4n) is 3.24. The molecule has 0 saturated carbocycles. The fraction of sp³-hybridized carbons (Fsp3) is 0.400. The predicted molar refractivity (Wildman–Crippen MR) is 81.1 cm³/mol. The maximum Gasteiger partial charge on any atom is 0.263 e. The van der Waals surface area contributed by atoms with Crippen molar-refractivity contribution in [2.45, 2.75) is 37.4 Å². The highest BCUT2D eigenvalue weighted by molar-refractivity contribution is 7.16. The summed E-state index contributed by atoms with van der Waals surface area (Å²) in [5.74, 6) is -0.611. The van der Waals surface area contributed by atoms with E-state index in [0.29, 0.717) is 27.5 Å². The second-order valence-corrected chi connectivity index (χ2v) is 6.79. The Bertz CT molecular complexity index is 702. The van der Waals surface area contributed by atoms with Crippen molar-refractivity contribution < 1.29 is 9.18 Å². The Kier molecular flexibility index (Phi) is 3.38. The Morgan fingerprint density at radius 3 is 2.91 bits per heavy atom. The molecular weight excluding hydrogens is 303 g/mol. The van der Waals surface area contributed by atoms with Gasteiger partial charge in [-0.1, -0.05) is 0 Å². The minimum atomic E-state index is -0.526. The molecule has 3 atom stereocenters. The van der Waals surface area contributed by atoms with Gasteiger partial charge in [0.2, 0.25) is 5.95 Å². The highest BCUT2D eigenvalue weighted by Gasteiger charge is 2.39. The van der Waals surface area contributed by atoms with Gasteiger partial charge in [0.25, 0.3) is 5.91 Å². The first-order valence-electron chi connectivity index (χ1n) is 7.34. The van der Waals surface area contributed by atoms with Crippen LogP contribution in [0.15, 0.2) is 24.5 Å². The Morgan fingerprint density at radius 2 is 2.23 bits per heavy atom. The van der Waals surface area contributed by atoms with Crippen molar-refractivity contribution in [2.24, 2.45) is 0 Å². The van der Waals surface area contributed by atoms with Crippen LogP contribution < -0.4 is 10.6 Å². The van der Waals surface area contributed by atoms with Crippen LogP contribution in [0.2, 0.25) is 0 Å². The normalized spacial score (nSPS) is 26.3. The molecule has 1 amide bonds. The predicted octanol–water partition coefficient (Wildman–Crippen LogP) is 1.97. The van der Waals surface area contributed by atoms with Gasteiger partial charge in [0.15, 0.2) is 0 Å². The summed E-state index contributed by atoms with van der Waals surface area (Å²) >= 11 is 1.30. The molecule has 0 radical (unpaired) electrons. The Balaban J connectivity index is 1.46. The topological polar surface area (TPSA) is 66.9 Å². The van der Waals surface area contributed by atoms with Crippen LogP contribution in [0.3, 0.4) is 0 Å². The third kappa shape index (κ3) is 2.50. The molecule has 2 aliphatic rings. The Labute approximate surface area is 131 Å². The number of nitrogens with zero attached hydrogens (tertiary/aromatic N) is 2. The number of carbonyl (C=O) groups is 1. The molecule has 2 saturated heterocycles. The van der Waals surface area contributed by atoms with E-state index in [1.165, 1.54) is 30.0 Å². The molecular formula is C15H15FN4OS. The lowest BCUT2D eigenvalue weighted by atomic mass is 9.95. The largest absolute Gasteiger partial charge is 0.347 e. The lowest BCUT2D eigenvalue weighted by molar-refractivity contribution is 0.0935. The molecule has 2 N–H and O–H groups in total. The van der Waals surface area contributed by atoms with Crippen molar-refractivity contribution in [3.63, 3.8) is 0 Å². The number of nitrogens with one attached hydrogen (secondary N) is 2. The van der Waals surface area contributed by atoms with E-state index >= 15 is 0 Å². The molecule has 0 spiro atoms. The lowest BCUT2D eigenvalue weighted by Crippen LogP contribution is -2.42. The van der Waals surface area contributed by atoms with Crippen LogP contribution in [-0.2, 0) is 0 Å². The molecule has 2 aromatic rings. The summed E-state index contributed by atoms with van der Waals surface area (Å²) < 4.78 is 12.8. The van der Waals surface area contributed by atoms with Gasteiger partial charge in [-0.05, 0) is 31.4 Å². The van der Waals surface area contributed by atoms with Crippen LogP contribution in [0.4, 0.5) is 4.39 Å². The molecule has 2 bridgehead atoms. The van der Waals surface area contributed by atoms with Gasteiger partial charge in [-0.25, -0.2) is 9.97 Å². The third-order valence-corrected chi connectivity index (χ3v) is 5.37. The van der Waals surface area contributed by atoms with Gasteiger partial charge in [0, 0.05) is 29.9 Å². The quantitative estimate of drug-likeness (QED) is 0.849. The van der Waals surface area contributed by atoms with Gasteiger partial charge in [-0.15, -0.1) is 11.3 Å². The van der Waals surface area contributed by atoms with Gasteiger partial charge >= 0.3 is 0 Å². The zero-order valence-electron chi connectivity index (χ0n) is 11.8. The smallest absolute Gasteiger partial charge is 0.263 e. The molecule has 4 rings (SSSR count). The fourth-order valence-corrected chi connectivity index (χ4v) is 4.05. The van der Waals surface area contributed by atoms with Crippen LogP contribution in [0, 0.1) is 5.95 Å². The first kappa shape index (κ1) is 13.8. The number of hydrogen-bond acceptors (Lipinski definition) is 5. The molecule has 0 aromatic carbocycles. The van der Waals surface area contributed by atoms with E-state index in [1.807, 2.05) is 0 Å². The molecule has 2 aromatic heterocycles. The highest BCUT2D eigenvalue weighted by Crippen LogP contribution is 2.29. The number of rotatable bonds is 3. The van der Waals surface area contributed by atoms with E-state index in [0.717, 1.165) is 12.8 Å². The van der Waals surface area contributed by atoms with Crippen LogP contribution >= 0.6 is 11.3 Å². The number of amides is 1. The summed E-state index contributed by atoms with van der Waals surface area (Å²) in [5, 5.41) is 7.26. The van der Waals surface area contributed by atoms with E-state index in [4.69, 9.17) is 0 Å². The van der Waals surface area contributed by atoms with Crippen molar-refractivity contribution in [3.05, 3.63) is 35.4 Å². The van der Waals surface area contributed by atoms with Crippen LogP contribution in [0.5, 0.6) is 0 Å². The SMILES string of the molecule is O=C(N[C@@H]1C[C@H]2CC[C@@H]1N2)c1cnc(-c2ccc(F)nc2)s1. The molecule has 7 heteroatoms. The average molecular weight is 318 g/mol. The van der Waals surface area contributed by atoms with Crippen LogP contribution in [0.25, 0.3) is 10.6 Å². The van der Waals surface area contributed by atoms with Crippen molar-refractivity contribution in [1.29, 1.82) is 0 Å². The summed E-state index contributed by atoms with van der Waals surface area (Å²) in [6.45, 7) is 0. The van der Waals surface area contributed by atoms with E-state index in [-0.39, 0.29) is 11.9 Å². The van der Waals surface area contributed by atoms with E-state index in [2.05, 4.69) is 20.6 Å². The third-order valence-electron chi connectivity index (χ3n) is 4.32. The van der Waals surface area contributed by atoms with Gasteiger partial charge in [-0.3, -0.25) is 4.79 Å². The molecule has 2 aliphatic heterocycles. The minimum absolute atomic E-state index is 0.0850. The number of halogens is 1. The zero-order chi connectivity index (χ0) is 15.1. The molecule has 4 heterocycles. The first-order chi connectivity index (χ1) is 10.7. The van der Waals surface area contributed by atoms with Crippen molar-refractivity contribution in [1.82, 2.24) is 20.6 Å². The molecule has 2 fully saturated rings. The number of thiazole rings is 1. The van der Waals surface area contributed by atoms with Gasteiger partial charge in [0.05, 0.1) is 6.20 Å². The first-order valence-corrected chi connectivity index (χ1v) is 8.15. The van der Waals surface area contributed by atoms with Crippen LogP contribution in [0.1, 0.15) is 28.9 Å². The number of aromatic nitrogens is 2. The van der Waals surface area contributed by atoms with Crippen molar-refractivity contribution in [3.8, 4) is 10.6 Å². The summed E-state index contributed by atoms with van der Waals surface area (Å²) in [6.07, 6.45) is 6.34. The van der Waals surface area contributed by atoms with E-state index in [9.17, 15) is 9.18 Å². The Hall–Kier alpha value is -1.86. The van der Waals surface area contributed by atoms with E-state index in [1.54, 1.807) is 12.3 Å². The summed E-state index contributed by atoms with van der Waals surface area (Å²) in [4.78, 5) is 20.8. The second-order valence-electron chi connectivity index (χ2n) is 5.76. The minimum Gasteiger partial charge on any atom is -0.347 e. The van der Waals surface area contributed by atoms with Gasteiger partial charge < -0.3 is 10.6 Å². The number of hydrogen-bond donors (Lipinski definition) is 2. The van der Waals surface area contributed by atoms with Crippen LogP contribution in [-0.4, -0.2) is 34.0 Å². The number of carbonyl (C=O) groups excluding carboxylic acids is 1. The maximum absolute atomic E-state index is 12.8. The van der Waals surface area contributed by atoms with Gasteiger partial charge in [-0.2, -0.15) is 4.39 Å². The Morgan fingerprint density at radius 1 is 1.32 bits per heavy atom. The molecule has 5 nitrogen and oxygen atoms in total. The zero-order valence-corrected chi connectivity index (χ0v) is 12.6. The van der Waals surface area contributed by atoms with Crippen molar-refractivity contribution in [2.75, 3.05) is 0 Å². The molecule has 22 heavy (non-hydrogen) atoms. The average Bonchev–Trinajstić information content (AvgIpc) is 3.24. The van der Waals surface area contributed by atoms with Crippen molar-refractivity contribution >= 4 is 17.2 Å². The lowest BCUT2D eigenvalue weighted by Gasteiger charge is -2.20.